The van der Waals surface area contributed by atoms with Gasteiger partial charge in [0.1, 0.15) is 17.0 Å². The van der Waals surface area contributed by atoms with Gasteiger partial charge in [0.25, 0.3) is 5.91 Å². The summed E-state index contributed by atoms with van der Waals surface area (Å²) in [6, 6.07) is 2.32. The van der Waals surface area contributed by atoms with Gasteiger partial charge in [-0.2, -0.15) is 0 Å². The van der Waals surface area contributed by atoms with Gasteiger partial charge in [0.05, 0.1) is 0 Å². The number of nitrogens with zero attached hydrogens (tertiary/aromatic N) is 1. The summed E-state index contributed by atoms with van der Waals surface area (Å²) in [7, 11) is 0. The molecule has 0 aliphatic heterocycles. The van der Waals surface area contributed by atoms with Crippen LogP contribution < -0.4 is 16.4 Å². The van der Waals surface area contributed by atoms with E-state index in [1.807, 2.05) is 20.8 Å². The van der Waals surface area contributed by atoms with Gasteiger partial charge in [0.2, 0.25) is 5.91 Å². The van der Waals surface area contributed by atoms with E-state index in [0.717, 1.165) is 13.0 Å². The molecule has 7 heteroatoms. The van der Waals surface area contributed by atoms with E-state index in [2.05, 4.69) is 15.6 Å². The van der Waals surface area contributed by atoms with Gasteiger partial charge in [0.15, 0.2) is 0 Å². The summed E-state index contributed by atoms with van der Waals surface area (Å²) in [4.78, 5) is 27.6. The van der Waals surface area contributed by atoms with E-state index in [9.17, 15) is 9.59 Å². The molecule has 1 aromatic heterocycles. The molecule has 1 heterocycles. The highest BCUT2D eigenvalue weighted by Gasteiger charge is 2.22. The van der Waals surface area contributed by atoms with E-state index < -0.39 is 17.9 Å². The molecule has 0 spiro atoms. The van der Waals surface area contributed by atoms with E-state index >= 15 is 0 Å². The molecule has 1 aromatic rings. The van der Waals surface area contributed by atoms with Crippen LogP contribution in [0.2, 0.25) is 5.15 Å². The predicted octanol–water partition coefficient (Wildman–Crippen LogP) is 1.80. The number of pyridine rings is 1. The van der Waals surface area contributed by atoms with Crippen molar-refractivity contribution in [3.05, 3.63) is 22.8 Å². The number of anilines is 1. The van der Waals surface area contributed by atoms with Crippen molar-refractivity contribution >= 4 is 29.2 Å². The zero-order valence-corrected chi connectivity index (χ0v) is 13.2. The number of rotatable bonds is 7. The lowest BCUT2D eigenvalue weighted by atomic mass is 10.0. The molecule has 0 aliphatic rings. The Morgan fingerprint density at radius 1 is 1.38 bits per heavy atom. The number of amides is 2. The number of aromatic nitrogens is 1. The maximum atomic E-state index is 12.2. The first-order chi connectivity index (χ1) is 9.85. The minimum Gasteiger partial charge on any atom is -0.370 e. The van der Waals surface area contributed by atoms with E-state index in [1.165, 1.54) is 6.07 Å². The smallest absolute Gasteiger partial charge is 0.252 e. The van der Waals surface area contributed by atoms with Crippen LogP contribution in [0.15, 0.2) is 12.1 Å². The fourth-order valence-corrected chi connectivity index (χ4v) is 1.97. The van der Waals surface area contributed by atoms with Crippen LogP contribution in [0.5, 0.6) is 0 Å². The van der Waals surface area contributed by atoms with E-state index in [0.29, 0.717) is 11.4 Å². The van der Waals surface area contributed by atoms with Gasteiger partial charge in [-0.3, -0.25) is 9.59 Å². The molecule has 6 nitrogen and oxygen atoms in total. The van der Waals surface area contributed by atoms with Gasteiger partial charge in [-0.25, -0.2) is 4.98 Å². The Bertz CT molecular complexity index is 520. The topological polar surface area (TPSA) is 97.1 Å². The first-order valence-corrected chi connectivity index (χ1v) is 7.24. The predicted molar refractivity (Wildman–Crippen MR) is 83.3 cm³/mol. The van der Waals surface area contributed by atoms with Gasteiger partial charge in [0, 0.05) is 12.1 Å². The molecule has 0 fully saturated rings. The van der Waals surface area contributed by atoms with Gasteiger partial charge in [-0.15, -0.1) is 0 Å². The second kappa shape index (κ2) is 7.83. The quantitative estimate of drug-likeness (QED) is 0.669. The monoisotopic (exact) mass is 312 g/mol. The molecule has 116 valence electrons. The van der Waals surface area contributed by atoms with Crippen LogP contribution in [0.1, 0.15) is 37.6 Å². The third kappa shape index (κ3) is 5.23. The van der Waals surface area contributed by atoms with Crippen molar-refractivity contribution in [2.75, 3.05) is 11.9 Å². The third-order valence-electron chi connectivity index (χ3n) is 2.87. The van der Waals surface area contributed by atoms with Crippen LogP contribution in [0.3, 0.4) is 0 Å². The largest absolute Gasteiger partial charge is 0.370 e. The second-order valence-corrected chi connectivity index (χ2v) is 5.48. The summed E-state index contributed by atoms with van der Waals surface area (Å²) >= 11 is 5.91. The number of nitrogens with two attached hydrogens (primary N) is 1. The molecule has 1 unspecified atom stereocenters. The van der Waals surface area contributed by atoms with Crippen LogP contribution >= 0.6 is 11.6 Å². The fourth-order valence-electron chi connectivity index (χ4n) is 1.76. The van der Waals surface area contributed by atoms with Crippen molar-refractivity contribution < 1.29 is 9.59 Å². The first-order valence-electron chi connectivity index (χ1n) is 6.86. The summed E-state index contributed by atoms with van der Waals surface area (Å²) in [5, 5.41) is 5.89. The highest BCUT2D eigenvalue weighted by Crippen LogP contribution is 2.15. The Hall–Kier alpha value is -1.82. The van der Waals surface area contributed by atoms with Crippen molar-refractivity contribution in [1.29, 1.82) is 0 Å². The molecule has 21 heavy (non-hydrogen) atoms. The lowest BCUT2D eigenvalue weighted by molar-refractivity contribution is -0.120. The molecule has 0 aliphatic carbocycles. The van der Waals surface area contributed by atoms with Crippen molar-refractivity contribution in [1.82, 2.24) is 10.3 Å². The van der Waals surface area contributed by atoms with Crippen LogP contribution in [0.4, 0.5) is 5.82 Å². The number of carbonyl (C=O) groups is 2. The van der Waals surface area contributed by atoms with Gasteiger partial charge >= 0.3 is 0 Å². The summed E-state index contributed by atoms with van der Waals surface area (Å²) in [5.74, 6) is -0.546. The Balaban J connectivity index is 2.91. The van der Waals surface area contributed by atoms with Crippen molar-refractivity contribution in [2.45, 2.75) is 33.2 Å². The van der Waals surface area contributed by atoms with E-state index in [1.54, 1.807) is 6.07 Å². The first kappa shape index (κ1) is 17.2. The Labute approximate surface area is 129 Å². The van der Waals surface area contributed by atoms with Gasteiger partial charge < -0.3 is 16.4 Å². The Kier molecular flexibility index (Phi) is 6.42. The Morgan fingerprint density at radius 2 is 2.05 bits per heavy atom. The highest BCUT2D eigenvalue weighted by molar-refractivity contribution is 6.29. The Morgan fingerprint density at radius 3 is 2.57 bits per heavy atom. The molecule has 1 atom stereocenters. The molecule has 4 N–H and O–H groups in total. The average Bonchev–Trinajstić information content (AvgIpc) is 2.40. The lowest BCUT2D eigenvalue weighted by Gasteiger charge is -2.19. The zero-order chi connectivity index (χ0) is 16.0. The number of hydrogen-bond donors (Lipinski definition) is 3. The summed E-state index contributed by atoms with van der Waals surface area (Å²) in [6.45, 7) is 6.36. The minimum atomic E-state index is -0.725. The third-order valence-corrected chi connectivity index (χ3v) is 3.07. The fraction of sp³-hybridized carbons (Fsp3) is 0.500. The van der Waals surface area contributed by atoms with Crippen LogP contribution in [-0.2, 0) is 4.79 Å². The van der Waals surface area contributed by atoms with Crippen LogP contribution in [0, 0.1) is 5.92 Å². The summed E-state index contributed by atoms with van der Waals surface area (Å²) < 4.78 is 0. The number of hydrogen-bond acceptors (Lipinski definition) is 4. The van der Waals surface area contributed by atoms with Crippen LogP contribution in [0.25, 0.3) is 0 Å². The lowest BCUT2D eigenvalue weighted by Crippen LogP contribution is -2.47. The second-order valence-electron chi connectivity index (χ2n) is 5.09. The highest BCUT2D eigenvalue weighted by atomic mass is 35.5. The van der Waals surface area contributed by atoms with Gasteiger partial charge in [-0.05, 0) is 24.5 Å². The molecule has 0 aromatic carbocycles. The molecular weight excluding hydrogens is 292 g/mol. The van der Waals surface area contributed by atoms with E-state index in [4.69, 9.17) is 17.3 Å². The van der Waals surface area contributed by atoms with Crippen LogP contribution in [-0.4, -0.2) is 29.4 Å². The molecule has 0 saturated carbocycles. The van der Waals surface area contributed by atoms with Crippen molar-refractivity contribution in [3.8, 4) is 0 Å². The molecule has 1 rings (SSSR count). The normalized spacial score (nSPS) is 12.0. The maximum Gasteiger partial charge on any atom is 0.252 e. The molecule has 0 bridgehead atoms. The van der Waals surface area contributed by atoms with E-state index in [-0.39, 0.29) is 11.1 Å². The SMILES string of the molecule is CCCNc1cc(C(=O)NC(C(N)=O)C(C)C)cc(Cl)n1. The molecule has 2 amide bonds. The summed E-state index contributed by atoms with van der Waals surface area (Å²) in [6.07, 6.45) is 0.923. The number of carbonyl (C=O) groups excluding carboxylic acids is 2. The van der Waals surface area contributed by atoms with Crippen molar-refractivity contribution in [3.63, 3.8) is 0 Å². The number of halogens is 1. The van der Waals surface area contributed by atoms with Crippen molar-refractivity contribution in [2.24, 2.45) is 11.7 Å². The molecule has 0 saturated heterocycles. The molecule has 0 radical (unpaired) electrons. The standard InChI is InChI=1S/C14H21ClN4O2/c1-4-5-17-11-7-9(6-10(15)18-11)14(21)19-12(8(2)3)13(16)20/h6-8,12H,4-5H2,1-3H3,(H2,16,20)(H,17,18)(H,19,21). The number of primary amides is 1. The minimum absolute atomic E-state index is 0.0959. The zero-order valence-electron chi connectivity index (χ0n) is 12.4. The number of nitrogens with one attached hydrogen (secondary N) is 2. The van der Waals surface area contributed by atoms with Gasteiger partial charge in [-0.1, -0.05) is 32.4 Å². The molecular formula is C14H21ClN4O2. The summed E-state index contributed by atoms with van der Waals surface area (Å²) in [5.41, 5.74) is 5.62. The average molecular weight is 313 g/mol. The maximum absolute atomic E-state index is 12.2.